The topological polar surface area (TPSA) is 87.1 Å². The second-order valence-electron chi connectivity index (χ2n) is 11.3. The maximum Gasteiger partial charge on any atom is 0.308 e. The standard InChI is InChI=1S/C29H47NO5.CH4/c1-5-20(3)29(34)35-26-16-19(2)15-22-10-9-21(4)25(28(22)26)12-11-23(31)17-24(32)18-27(33)30-13-7-6-8-14-30;/h9-10,15,19-21,23-26,28,31-32H,5-8,11-14,16-18H2,1-4H3;1H4/t19-,20-,21-,23+,24+,25-,26-,28-;/m0./s1. The number of aliphatic hydroxyl groups is 2. The number of piperidine rings is 1. The van der Waals surface area contributed by atoms with Crippen molar-refractivity contribution in [2.75, 3.05) is 13.1 Å². The SMILES string of the molecule is C.CC[C@H](C)C(=O)O[C@H]1C[C@@H](C)C=C2C=C[C@H](C)[C@H](CC[C@@H](O)C[C@@H](O)CC(=O)N3CCCCC3)[C@H]21. The molecule has 6 heteroatoms. The molecule has 0 radical (unpaired) electrons. The van der Waals surface area contributed by atoms with Crippen molar-refractivity contribution in [3.8, 4) is 0 Å². The van der Waals surface area contributed by atoms with Crippen LogP contribution in [0.4, 0.5) is 0 Å². The number of likely N-dealkylation sites (tertiary alicyclic amines) is 1. The van der Waals surface area contributed by atoms with E-state index in [2.05, 4.69) is 32.1 Å². The Morgan fingerprint density at radius 3 is 2.50 bits per heavy atom. The molecule has 1 saturated heterocycles. The summed E-state index contributed by atoms with van der Waals surface area (Å²) in [6, 6.07) is 0. The second kappa shape index (κ2) is 14.3. The number of aliphatic hydroxyl groups excluding tert-OH is 2. The first kappa shape index (κ1) is 30.6. The summed E-state index contributed by atoms with van der Waals surface area (Å²) in [6.07, 6.45) is 11.6. The second-order valence-corrected chi connectivity index (χ2v) is 11.3. The highest BCUT2D eigenvalue weighted by molar-refractivity contribution is 5.76. The molecule has 1 fully saturated rings. The number of allylic oxidation sites excluding steroid dienone is 3. The number of carbonyl (C=O) groups excluding carboxylic acids is 2. The number of amides is 1. The van der Waals surface area contributed by atoms with Crippen molar-refractivity contribution >= 4 is 11.9 Å². The molecule has 3 aliphatic rings. The summed E-state index contributed by atoms with van der Waals surface area (Å²) in [5, 5.41) is 21.2. The molecule has 206 valence electrons. The van der Waals surface area contributed by atoms with Gasteiger partial charge in [-0.2, -0.15) is 0 Å². The van der Waals surface area contributed by atoms with Crippen LogP contribution >= 0.6 is 0 Å². The molecule has 2 aliphatic carbocycles. The van der Waals surface area contributed by atoms with Gasteiger partial charge in [0, 0.05) is 19.0 Å². The molecule has 36 heavy (non-hydrogen) atoms. The van der Waals surface area contributed by atoms with Crippen molar-refractivity contribution in [3.05, 3.63) is 23.8 Å². The highest BCUT2D eigenvalue weighted by Gasteiger charge is 2.41. The van der Waals surface area contributed by atoms with Gasteiger partial charge in [0.1, 0.15) is 6.10 Å². The molecule has 0 aromatic rings. The van der Waals surface area contributed by atoms with Gasteiger partial charge in [-0.05, 0) is 74.7 Å². The molecule has 0 unspecified atom stereocenters. The van der Waals surface area contributed by atoms with Gasteiger partial charge in [0.2, 0.25) is 5.91 Å². The fourth-order valence-corrected chi connectivity index (χ4v) is 6.03. The van der Waals surface area contributed by atoms with Crippen molar-refractivity contribution in [3.63, 3.8) is 0 Å². The van der Waals surface area contributed by atoms with E-state index in [0.717, 1.165) is 51.6 Å². The molecular formula is C30H51NO5. The van der Waals surface area contributed by atoms with Gasteiger partial charge in [0.25, 0.3) is 0 Å². The van der Waals surface area contributed by atoms with Crippen LogP contribution < -0.4 is 0 Å². The third-order valence-corrected chi connectivity index (χ3v) is 8.37. The van der Waals surface area contributed by atoms with Crippen LogP contribution in [-0.4, -0.2) is 58.4 Å². The molecule has 3 rings (SSSR count). The third-order valence-electron chi connectivity index (χ3n) is 8.37. The summed E-state index contributed by atoms with van der Waals surface area (Å²) in [4.78, 5) is 26.9. The van der Waals surface area contributed by atoms with Crippen LogP contribution in [-0.2, 0) is 14.3 Å². The predicted molar refractivity (Wildman–Crippen MR) is 144 cm³/mol. The molecule has 1 aliphatic heterocycles. The number of esters is 1. The van der Waals surface area contributed by atoms with Gasteiger partial charge in [-0.25, -0.2) is 0 Å². The summed E-state index contributed by atoms with van der Waals surface area (Å²) < 4.78 is 6.08. The Labute approximate surface area is 219 Å². The minimum Gasteiger partial charge on any atom is -0.461 e. The zero-order chi connectivity index (χ0) is 25.5. The molecule has 1 amide bonds. The average molecular weight is 506 g/mol. The molecular weight excluding hydrogens is 454 g/mol. The Morgan fingerprint density at radius 1 is 1.14 bits per heavy atom. The monoisotopic (exact) mass is 505 g/mol. The quantitative estimate of drug-likeness (QED) is 0.395. The number of ether oxygens (including phenoxy) is 1. The number of hydrogen-bond acceptors (Lipinski definition) is 5. The smallest absolute Gasteiger partial charge is 0.308 e. The Balaban J connectivity index is 0.00000456. The third kappa shape index (κ3) is 8.17. The first-order chi connectivity index (χ1) is 16.7. The highest BCUT2D eigenvalue weighted by atomic mass is 16.5. The van der Waals surface area contributed by atoms with E-state index in [-0.39, 0.29) is 56.0 Å². The van der Waals surface area contributed by atoms with Crippen LogP contribution in [0.2, 0.25) is 0 Å². The van der Waals surface area contributed by atoms with Crippen LogP contribution in [0.5, 0.6) is 0 Å². The Kier molecular flexibility index (Phi) is 12.2. The Bertz CT molecular complexity index is 771. The lowest BCUT2D eigenvalue weighted by molar-refractivity contribution is -0.158. The van der Waals surface area contributed by atoms with Crippen LogP contribution in [0.15, 0.2) is 23.8 Å². The molecule has 2 N–H and O–H groups in total. The molecule has 0 saturated carbocycles. The van der Waals surface area contributed by atoms with Gasteiger partial charge in [-0.1, -0.05) is 53.3 Å². The number of nitrogens with zero attached hydrogens (tertiary/aromatic N) is 1. The fourth-order valence-electron chi connectivity index (χ4n) is 6.03. The molecule has 0 aromatic carbocycles. The van der Waals surface area contributed by atoms with E-state index >= 15 is 0 Å². The van der Waals surface area contributed by atoms with E-state index in [4.69, 9.17) is 4.74 Å². The first-order valence-electron chi connectivity index (χ1n) is 13.9. The summed E-state index contributed by atoms with van der Waals surface area (Å²) in [5.74, 6) is 0.833. The number of rotatable bonds is 10. The van der Waals surface area contributed by atoms with Crippen molar-refractivity contribution < 1.29 is 24.5 Å². The average Bonchev–Trinajstić information content (AvgIpc) is 2.83. The van der Waals surface area contributed by atoms with Crippen molar-refractivity contribution in [2.24, 2.45) is 29.6 Å². The summed E-state index contributed by atoms with van der Waals surface area (Å²) >= 11 is 0. The molecule has 1 heterocycles. The zero-order valence-corrected chi connectivity index (χ0v) is 22.2. The van der Waals surface area contributed by atoms with E-state index in [1.165, 1.54) is 5.57 Å². The first-order valence-corrected chi connectivity index (χ1v) is 13.9. The van der Waals surface area contributed by atoms with Crippen LogP contribution in [0.3, 0.4) is 0 Å². The van der Waals surface area contributed by atoms with E-state index in [9.17, 15) is 19.8 Å². The Morgan fingerprint density at radius 2 is 1.83 bits per heavy atom. The highest BCUT2D eigenvalue weighted by Crippen LogP contribution is 2.45. The van der Waals surface area contributed by atoms with Crippen LogP contribution in [0, 0.1) is 29.6 Å². The van der Waals surface area contributed by atoms with Crippen LogP contribution in [0.25, 0.3) is 0 Å². The van der Waals surface area contributed by atoms with E-state index in [1.54, 1.807) is 0 Å². The van der Waals surface area contributed by atoms with Crippen molar-refractivity contribution in [2.45, 2.75) is 111 Å². The van der Waals surface area contributed by atoms with Crippen molar-refractivity contribution in [1.29, 1.82) is 0 Å². The molecule has 6 nitrogen and oxygen atoms in total. The molecule has 0 aromatic heterocycles. The maximum absolute atomic E-state index is 12.6. The van der Waals surface area contributed by atoms with Crippen molar-refractivity contribution in [1.82, 2.24) is 4.90 Å². The fraction of sp³-hybridized carbons (Fsp3) is 0.800. The maximum atomic E-state index is 12.6. The molecule has 0 spiro atoms. The van der Waals surface area contributed by atoms with Gasteiger partial charge in [0.05, 0.1) is 24.5 Å². The lowest BCUT2D eigenvalue weighted by Gasteiger charge is -2.43. The zero-order valence-electron chi connectivity index (χ0n) is 22.2. The predicted octanol–water partition coefficient (Wildman–Crippen LogP) is 5.28. The largest absolute Gasteiger partial charge is 0.461 e. The van der Waals surface area contributed by atoms with Gasteiger partial charge in [0.15, 0.2) is 0 Å². The normalized spacial score (nSPS) is 30.3. The Hall–Kier alpha value is -1.66. The van der Waals surface area contributed by atoms with Gasteiger partial charge < -0.3 is 19.8 Å². The van der Waals surface area contributed by atoms with Crippen LogP contribution in [0.1, 0.15) is 92.9 Å². The minimum absolute atomic E-state index is 0. The van der Waals surface area contributed by atoms with E-state index in [0.29, 0.717) is 18.3 Å². The molecule has 0 bridgehead atoms. The number of hydrogen-bond donors (Lipinski definition) is 2. The minimum atomic E-state index is -0.821. The summed E-state index contributed by atoms with van der Waals surface area (Å²) in [6.45, 7) is 9.85. The van der Waals surface area contributed by atoms with Gasteiger partial charge in [-0.15, -0.1) is 0 Å². The molecule has 8 atom stereocenters. The summed E-state index contributed by atoms with van der Waals surface area (Å²) in [5.41, 5.74) is 1.25. The van der Waals surface area contributed by atoms with E-state index < -0.39 is 12.2 Å². The lowest BCUT2D eigenvalue weighted by atomic mass is 9.65. The van der Waals surface area contributed by atoms with Gasteiger partial charge in [-0.3, -0.25) is 9.59 Å². The lowest BCUT2D eigenvalue weighted by Crippen LogP contribution is -2.41. The number of carbonyl (C=O) groups is 2. The summed E-state index contributed by atoms with van der Waals surface area (Å²) in [7, 11) is 0. The van der Waals surface area contributed by atoms with Gasteiger partial charge >= 0.3 is 5.97 Å². The number of fused-ring (bicyclic) bond motifs is 1. The van der Waals surface area contributed by atoms with E-state index in [1.807, 2.05) is 18.7 Å².